The Morgan fingerprint density at radius 2 is 1.89 bits per heavy atom. The maximum atomic E-state index is 9.10. The van der Waals surface area contributed by atoms with Crippen molar-refractivity contribution in [3.05, 3.63) is 51.6 Å². The van der Waals surface area contributed by atoms with Crippen molar-refractivity contribution in [1.29, 1.82) is 5.26 Å². The lowest BCUT2D eigenvalue weighted by Crippen LogP contribution is -2.00. The number of halogens is 1. The second-order valence-corrected chi connectivity index (χ2v) is 5.31. The molecule has 3 aromatic rings. The lowest BCUT2D eigenvalue weighted by Gasteiger charge is -2.06. The van der Waals surface area contributed by atoms with Gasteiger partial charge in [0.05, 0.1) is 11.1 Å². The number of fused-ring (bicyclic) bond motifs is 1. The minimum Gasteiger partial charge on any atom is -0.369 e. The number of rotatable bonds is 1. The van der Waals surface area contributed by atoms with Crippen molar-refractivity contribution in [1.82, 2.24) is 9.55 Å². The van der Waals surface area contributed by atoms with Gasteiger partial charge in [-0.3, -0.25) is 4.57 Å². The fourth-order valence-electron chi connectivity index (χ4n) is 2.07. The van der Waals surface area contributed by atoms with Gasteiger partial charge in [0, 0.05) is 9.26 Å². The second kappa shape index (κ2) is 4.55. The Balaban J connectivity index is 2.33. The van der Waals surface area contributed by atoms with Gasteiger partial charge in [-0.05, 0) is 59.0 Å². The molecule has 0 spiro atoms. The van der Waals surface area contributed by atoms with Gasteiger partial charge in [-0.15, -0.1) is 0 Å². The topological polar surface area (TPSA) is 67.6 Å². The van der Waals surface area contributed by atoms with E-state index in [-0.39, 0.29) is 0 Å². The van der Waals surface area contributed by atoms with Crippen LogP contribution in [0.2, 0.25) is 0 Å². The zero-order valence-electron chi connectivity index (χ0n) is 9.84. The van der Waals surface area contributed by atoms with Crippen molar-refractivity contribution in [2.75, 3.05) is 5.73 Å². The van der Waals surface area contributed by atoms with E-state index in [1.165, 1.54) is 0 Å². The molecule has 0 aliphatic rings. The molecule has 0 unspecified atom stereocenters. The van der Waals surface area contributed by atoms with Gasteiger partial charge >= 0.3 is 0 Å². The molecule has 0 saturated heterocycles. The van der Waals surface area contributed by atoms with Crippen LogP contribution in [-0.4, -0.2) is 9.55 Å². The zero-order chi connectivity index (χ0) is 13.4. The fourth-order valence-corrected chi connectivity index (χ4v) is 2.43. The molecule has 5 heteroatoms. The van der Waals surface area contributed by atoms with Crippen LogP contribution < -0.4 is 5.73 Å². The van der Waals surface area contributed by atoms with E-state index in [2.05, 4.69) is 33.6 Å². The summed E-state index contributed by atoms with van der Waals surface area (Å²) >= 11 is 2.25. The number of anilines is 1. The van der Waals surface area contributed by atoms with Crippen molar-refractivity contribution in [2.45, 2.75) is 0 Å². The molecule has 3 rings (SSSR count). The van der Waals surface area contributed by atoms with Crippen LogP contribution in [0.1, 0.15) is 5.56 Å². The highest BCUT2D eigenvalue weighted by Gasteiger charge is 2.12. The number of aromatic nitrogens is 2. The third-order valence-corrected chi connectivity index (χ3v) is 3.64. The summed E-state index contributed by atoms with van der Waals surface area (Å²) in [4.78, 5) is 4.30. The van der Waals surface area contributed by atoms with E-state index >= 15 is 0 Å². The first kappa shape index (κ1) is 12.0. The molecule has 0 saturated carbocycles. The second-order valence-electron chi connectivity index (χ2n) is 4.07. The molecule has 0 aliphatic carbocycles. The number of nitrogens with two attached hydrogens (primary N) is 1. The molecule has 0 bridgehead atoms. The summed E-state index contributed by atoms with van der Waals surface area (Å²) < 4.78 is 3.01. The number of nitrogens with zero attached hydrogens (tertiary/aromatic N) is 3. The van der Waals surface area contributed by atoms with E-state index in [9.17, 15) is 0 Å². The van der Waals surface area contributed by atoms with Crippen LogP contribution in [0.25, 0.3) is 16.7 Å². The number of imidazole rings is 1. The Kier molecular flexibility index (Phi) is 2.87. The lowest BCUT2D eigenvalue weighted by molar-refractivity contribution is 1.11. The van der Waals surface area contributed by atoms with E-state index in [0.29, 0.717) is 17.0 Å². The monoisotopic (exact) mass is 360 g/mol. The predicted molar refractivity (Wildman–Crippen MR) is 82.9 cm³/mol. The van der Waals surface area contributed by atoms with Crippen LogP contribution in [-0.2, 0) is 0 Å². The van der Waals surface area contributed by atoms with Gasteiger partial charge in [-0.2, -0.15) is 5.26 Å². The molecule has 2 N–H and O–H groups in total. The van der Waals surface area contributed by atoms with E-state index in [0.717, 1.165) is 14.8 Å². The summed E-state index contributed by atoms with van der Waals surface area (Å²) in [5.74, 6) is 0.388. The van der Waals surface area contributed by atoms with E-state index < -0.39 is 0 Å². The van der Waals surface area contributed by atoms with E-state index in [1.54, 1.807) is 6.07 Å². The molecule has 0 radical (unpaired) electrons. The summed E-state index contributed by atoms with van der Waals surface area (Å²) in [6.07, 6.45) is 0. The Labute approximate surface area is 123 Å². The number of hydrogen-bond acceptors (Lipinski definition) is 3. The fraction of sp³-hybridized carbons (Fsp3) is 0. The van der Waals surface area contributed by atoms with Crippen LogP contribution in [0.4, 0.5) is 5.95 Å². The van der Waals surface area contributed by atoms with Crippen LogP contribution in [0.3, 0.4) is 0 Å². The molecule has 0 fully saturated rings. The van der Waals surface area contributed by atoms with Crippen LogP contribution in [0, 0.1) is 14.9 Å². The van der Waals surface area contributed by atoms with Gasteiger partial charge in [-0.1, -0.05) is 6.07 Å². The summed E-state index contributed by atoms with van der Waals surface area (Å²) in [6.45, 7) is 0. The van der Waals surface area contributed by atoms with Crippen molar-refractivity contribution >= 4 is 39.6 Å². The molecule has 92 valence electrons. The highest BCUT2D eigenvalue weighted by Crippen LogP contribution is 2.25. The molecule has 2 aromatic carbocycles. The summed E-state index contributed by atoms with van der Waals surface area (Å²) in [5, 5.41) is 9.10. The van der Waals surface area contributed by atoms with Crippen molar-refractivity contribution in [2.24, 2.45) is 0 Å². The molecule has 0 atom stereocenters. The third kappa shape index (κ3) is 1.94. The summed E-state index contributed by atoms with van der Waals surface area (Å²) in [5.41, 5.74) is 8.95. The number of hydrogen-bond donors (Lipinski definition) is 1. The Bertz CT molecular complexity index is 797. The largest absolute Gasteiger partial charge is 0.369 e. The van der Waals surface area contributed by atoms with Crippen LogP contribution >= 0.6 is 22.6 Å². The Morgan fingerprint density at radius 3 is 2.58 bits per heavy atom. The van der Waals surface area contributed by atoms with Crippen molar-refractivity contribution < 1.29 is 0 Å². The Hall–Kier alpha value is -2.07. The van der Waals surface area contributed by atoms with Crippen LogP contribution in [0.5, 0.6) is 0 Å². The van der Waals surface area contributed by atoms with Gasteiger partial charge in [0.15, 0.2) is 0 Å². The van der Waals surface area contributed by atoms with Crippen molar-refractivity contribution in [3.63, 3.8) is 0 Å². The van der Waals surface area contributed by atoms with Crippen LogP contribution in [0.15, 0.2) is 42.5 Å². The predicted octanol–water partition coefficient (Wildman–Crippen LogP) is 3.08. The highest BCUT2D eigenvalue weighted by molar-refractivity contribution is 14.1. The summed E-state index contributed by atoms with van der Waals surface area (Å²) in [7, 11) is 0. The third-order valence-electron chi connectivity index (χ3n) is 2.92. The Morgan fingerprint density at radius 1 is 1.16 bits per heavy atom. The number of para-hydroxylation sites is 1. The molecule has 0 aliphatic heterocycles. The first-order valence-electron chi connectivity index (χ1n) is 5.63. The number of nitriles is 1. The molecular weight excluding hydrogens is 351 g/mol. The smallest absolute Gasteiger partial charge is 0.205 e. The maximum Gasteiger partial charge on any atom is 0.205 e. The average Bonchev–Trinajstić information content (AvgIpc) is 2.76. The molecular formula is C14H9IN4. The highest BCUT2D eigenvalue weighted by atomic mass is 127. The SMILES string of the molecule is N#Cc1cccc2c1nc(N)n2-c1ccc(I)cc1. The standard InChI is InChI=1S/C14H9IN4/c15-10-4-6-11(7-5-10)19-12-3-1-2-9(8-16)13(12)18-14(19)17/h1-7H,(H2,17,18). The normalized spacial score (nSPS) is 10.5. The summed E-state index contributed by atoms with van der Waals surface area (Å²) in [6, 6.07) is 15.6. The number of benzene rings is 2. The van der Waals surface area contributed by atoms with Gasteiger partial charge in [0.2, 0.25) is 5.95 Å². The quantitative estimate of drug-likeness (QED) is 0.679. The van der Waals surface area contributed by atoms with Gasteiger partial charge in [0.1, 0.15) is 11.6 Å². The molecule has 0 amide bonds. The van der Waals surface area contributed by atoms with Gasteiger partial charge in [-0.25, -0.2) is 4.98 Å². The molecule has 19 heavy (non-hydrogen) atoms. The average molecular weight is 360 g/mol. The zero-order valence-corrected chi connectivity index (χ0v) is 12.0. The van der Waals surface area contributed by atoms with Gasteiger partial charge in [0.25, 0.3) is 0 Å². The maximum absolute atomic E-state index is 9.10. The molecule has 4 nitrogen and oxygen atoms in total. The molecule has 1 heterocycles. The van der Waals surface area contributed by atoms with E-state index in [4.69, 9.17) is 11.0 Å². The first-order valence-corrected chi connectivity index (χ1v) is 6.71. The van der Waals surface area contributed by atoms with Gasteiger partial charge < -0.3 is 5.73 Å². The van der Waals surface area contributed by atoms with Crippen molar-refractivity contribution in [3.8, 4) is 11.8 Å². The molecule has 1 aromatic heterocycles. The lowest BCUT2D eigenvalue weighted by atomic mass is 10.2. The minimum atomic E-state index is 0.388. The first-order chi connectivity index (χ1) is 9.20. The number of nitrogen functional groups attached to an aromatic ring is 1. The van der Waals surface area contributed by atoms with E-state index in [1.807, 2.05) is 41.0 Å². The minimum absolute atomic E-state index is 0.388.